The van der Waals surface area contributed by atoms with Crippen LogP contribution < -0.4 is 14.8 Å². The molecule has 9 nitrogen and oxygen atoms in total. The number of rotatable bonds is 5. The Hall–Kier alpha value is -3.11. The summed E-state index contributed by atoms with van der Waals surface area (Å²) < 4.78 is 38.5. The van der Waals surface area contributed by atoms with Crippen molar-refractivity contribution in [3.63, 3.8) is 0 Å². The zero-order chi connectivity index (χ0) is 22.9. The van der Waals surface area contributed by atoms with E-state index in [0.29, 0.717) is 29.4 Å². The van der Waals surface area contributed by atoms with E-state index in [1.165, 1.54) is 16.4 Å². The van der Waals surface area contributed by atoms with Crippen LogP contribution in [0, 0.1) is 0 Å². The topological polar surface area (TPSA) is 105 Å². The van der Waals surface area contributed by atoms with Gasteiger partial charge in [-0.2, -0.15) is 4.31 Å². The molecule has 4 rings (SSSR count). The van der Waals surface area contributed by atoms with Crippen molar-refractivity contribution in [3.05, 3.63) is 48.0 Å². The van der Waals surface area contributed by atoms with Crippen molar-refractivity contribution in [2.24, 2.45) is 0 Å². The average Bonchev–Trinajstić information content (AvgIpc) is 2.80. The van der Waals surface area contributed by atoms with Gasteiger partial charge in [-0.3, -0.25) is 9.59 Å². The summed E-state index contributed by atoms with van der Waals surface area (Å²) in [6, 6.07) is 11.3. The van der Waals surface area contributed by atoms with E-state index in [1.807, 2.05) is 6.92 Å². The number of hydrogen-bond donors (Lipinski definition) is 1. The van der Waals surface area contributed by atoms with Gasteiger partial charge >= 0.3 is 0 Å². The first-order chi connectivity index (χ1) is 15.3. The maximum atomic E-state index is 13.1. The zero-order valence-corrected chi connectivity index (χ0v) is 18.7. The van der Waals surface area contributed by atoms with Crippen LogP contribution in [0.15, 0.2) is 47.4 Å². The normalized spacial score (nSPS) is 19.0. The minimum atomic E-state index is -3.78. The zero-order valence-electron chi connectivity index (χ0n) is 17.9. The smallest absolute Gasteiger partial charge is 0.265 e. The van der Waals surface area contributed by atoms with E-state index in [-0.39, 0.29) is 42.9 Å². The van der Waals surface area contributed by atoms with Crippen LogP contribution in [-0.4, -0.2) is 68.3 Å². The van der Waals surface area contributed by atoms with E-state index in [9.17, 15) is 18.0 Å². The third kappa shape index (κ3) is 4.28. The number of fused-ring (bicyclic) bond motifs is 1. The molecule has 1 N–H and O–H groups in total. The van der Waals surface area contributed by atoms with Crippen LogP contribution >= 0.6 is 0 Å². The van der Waals surface area contributed by atoms with Gasteiger partial charge in [0.05, 0.1) is 17.2 Å². The Morgan fingerprint density at radius 2 is 1.81 bits per heavy atom. The van der Waals surface area contributed by atoms with Crippen molar-refractivity contribution in [1.29, 1.82) is 0 Å². The molecule has 10 heteroatoms. The SMILES string of the molecule is CCOc1ccc(C(=O)N2CCN(S(=O)(=O)c3ccc4c(c3)NC(=O)C(C)O4)CC2)cc1. The molecule has 0 saturated carbocycles. The fraction of sp³-hybridized carbons (Fsp3) is 0.364. The summed E-state index contributed by atoms with van der Waals surface area (Å²) in [6.07, 6.45) is -0.633. The summed E-state index contributed by atoms with van der Waals surface area (Å²) in [5.41, 5.74) is 0.864. The molecule has 2 aromatic carbocycles. The van der Waals surface area contributed by atoms with Gasteiger partial charge in [0.1, 0.15) is 11.5 Å². The molecular weight excluding hydrogens is 434 g/mol. The van der Waals surface area contributed by atoms with Gasteiger partial charge in [-0.25, -0.2) is 8.42 Å². The summed E-state index contributed by atoms with van der Waals surface area (Å²) in [5, 5.41) is 2.67. The standard InChI is InChI=1S/C22H25N3O6S/c1-3-30-17-6-4-16(5-7-17)22(27)24-10-12-25(13-11-24)32(28,29)18-8-9-20-19(14-18)23-21(26)15(2)31-20/h4-9,14-15H,3,10-13H2,1-2H3,(H,23,26). The molecule has 1 atom stereocenters. The van der Waals surface area contributed by atoms with Crippen LogP contribution in [0.4, 0.5) is 5.69 Å². The monoisotopic (exact) mass is 459 g/mol. The minimum absolute atomic E-state index is 0.0704. The lowest BCUT2D eigenvalue weighted by Gasteiger charge is -2.34. The van der Waals surface area contributed by atoms with Crippen LogP contribution in [0.25, 0.3) is 0 Å². The Morgan fingerprint density at radius 3 is 2.47 bits per heavy atom. The fourth-order valence-corrected chi connectivity index (χ4v) is 5.12. The molecule has 2 aliphatic heterocycles. The third-order valence-electron chi connectivity index (χ3n) is 5.46. The van der Waals surface area contributed by atoms with E-state index in [0.717, 1.165) is 0 Å². The van der Waals surface area contributed by atoms with Crippen molar-refractivity contribution in [2.75, 3.05) is 38.1 Å². The molecule has 32 heavy (non-hydrogen) atoms. The predicted octanol–water partition coefficient (Wildman–Crippen LogP) is 1.95. The summed E-state index contributed by atoms with van der Waals surface area (Å²) in [6.45, 7) is 5.00. The van der Waals surface area contributed by atoms with Gasteiger partial charge in [-0.15, -0.1) is 0 Å². The number of benzene rings is 2. The summed E-state index contributed by atoms with van der Waals surface area (Å²) in [4.78, 5) is 26.3. The summed E-state index contributed by atoms with van der Waals surface area (Å²) >= 11 is 0. The molecule has 0 bridgehead atoms. The number of sulfonamides is 1. The number of nitrogens with one attached hydrogen (secondary N) is 1. The first-order valence-corrected chi connectivity index (χ1v) is 11.9. The molecule has 2 aliphatic rings. The van der Waals surface area contributed by atoms with Crippen LogP contribution in [-0.2, 0) is 14.8 Å². The second-order valence-electron chi connectivity index (χ2n) is 7.56. The molecule has 2 amide bonds. The first kappa shape index (κ1) is 22.1. The second-order valence-corrected chi connectivity index (χ2v) is 9.50. The Labute approximate surface area is 187 Å². The molecule has 170 valence electrons. The predicted molar refractivity (Wildman–Crippen MR) is 117 cm³/mol. The maximum Gasteiger partial charge on any atom is 0.265 e. The fourth-order valence-electron chi connectivity index (χ4n) is 3.67. The molecule has 0 radical (unpaired) electrons. The maximum absolute atomic E-state index is 13.1. The van der Waals surface area contributed by atoms with Gasteiger partial charge in [0.2, 0.25) is 10.0 Å². The number of carbonyl (C=O) groups excluding carboxylic acids is 2. The van der Waals surface area contributed by atoms with Crippen LogP contribution in [0.2, 0.25) is 0 Å². The van der Waals surface area contributed by atoms with E-state index < -0.39 is 16.1 Å². The lowest BCUT2D eigenvalue weighted by Crippen LogP contribution is -2.50. The molecule has 0 aliphatic carbocycles. The van der Waals surface area contributed by atoms with Crippen LogP contribution in [0.5, 0.6) is 11.5 Å². The molecule has 1 unspecified atom stereocenters. The summed E-state index contributed by atoms with van der Waals surface area (Å²) in [5.74, 6) is 0.657. The number of hydrogen-bond acceptors (Lipinski definition) is 6. The molecule has 1 fully saturated rings. The highest BCUT2D eigenvalue weighted by Crippen LogP contribution is 2.33. The van der Waals surface area contributed by atoms with Crippen molar-refractivity contribution >= 4 is 27.5 Å². The number of carbonyl (C=O) groups is 2. The minimum Gasteiger partial charge on any atom is -0.494 e. The van der Waals surface area contributed by atoms with Crippen LogP contribution in [0.3, 0.4) is 0 Å². The molecule has 2 aromatic rings. The van der Waals surface area contributed by atoms with Gasteiger partial charge in [-0.05, 0) is 56.3 Å². The van der Waals surface area contributed by atoms with Gasteiger partial charge in [0, 0.05) is 31.7 Å². The number of nitrogens with zero attached hydrogens (tertiary/aromatic N) is 2. The van der Waals surface area contributed by atoms with E-state index in [4.69, 9.17) is 9.47 Å². The van der Waals surface area contributed by atoms with Gasteiger partial charge in [-0.1, -0.05) is 0 Å². The number of piperazine rings is 1. The first-order valence-electron chi connectivity index (χ1n) is 10.4. The van der Waals surface area contributed by atoms with E-state index in [2.05, 4.69) is 5.32 Å². The average molecular weight is 460 g/mol. The Balaban J connectivity index is 1.43. The van der Waals surface area contributed by atoms with Crippen molar-refractivity contribution in [2.45, 2.75) is 24.8 Å². The second kappa shape index (κ2) is 8.79. The Bertz CT molecular complexity index is 1120. The molecule has 0 spiro atoms. The Kier molecular flexibility index (Phi) is 6.07. The number of anilines is 1. The lowest BCUT2D eigenvalue weighted by molar-refractivity contribution is -0.122. The Morgan fingerprint density at radius 1 is 1.12 bits per heavy atom. The highest BCUT2D eigenvalue weighted by Gasteiger charge is 2.32. The van der Waals surface area contributed by atoms with Gasteiger partial charge in [0.25, 0.3) is 11.8 Å². The van der Waals surface area contributed by atoms with Crippen molar-refractivity contribution < 1.29 is 27.5 Å². The van der Waals surface area contributed by atoms with Crippen molar-refractivity contribution in [3.8, 4) is 11.5 Å². The molecule has 0 aromatic heterocycles. The lowest BCUT2D eigenvalue weighted by atomic mass is 10.2. The van der Waals surface area contributed by atoms with Gasteiger partial charge in [0.15, 0.2) is 6.10 Å². The van der Waals surface area contributed by atoms with Crippen molar-refractivity contribution in [1.82, 2.24) is 9.21 Å². The highest BCUT2D eigenvalue weighted by molar-refractivity contribution is 7.89. The number of amides is 2. The molecule has 2 heterocycles. The number of ether oxygens (including phenoxy) is 2. The largest absolute Gasteiger partial charge is 0.494 e. The molecular formula is C22H25N3O6S. The molecule has 1 saturated heterocycles. The van der Waals surface area contributed by atoms with Crippen LogP contribution in [0.1, 0.15) is 24.2 Å². The highest BCUT2D eigenvalue weighted by atomic mass is 32.2. The van der Waals surface area contributed by atoms with Gasteiger partial charge < -0.3 is 19.7 Å². The van der Waals surface area contributed by atoms with E-state index in [1.54, 1.807) is 42.2 Å². The quantitative estimate of drug-likeness (QED) is 0.733. The van der Waals surface area contributed by atoms with E-state index >= 15 is 0 Å². The summed E-state index contributed by atoms with van der Waals surface area (Å²) in [7, 11) is -3.78. The third-order valence-corrected chi connectivity index (χ3v) is 7.35.